The SMILES string of the molecule is CNC(=O)Nc1ccc(C=CC(N)=O)cn1. The Morgan fingerprint density at radius 1 is 1.44 bits per heavy atom. The first-order valence-electron chi connectivity index (χ1n) is 4.54. The van der Waals surface area contributed by atoms with E-state index in [0.717, 1.165) is 5.56 Å². The molecule has 0 fully saturated rings. The van der Waals surface area contributed by atoms with E-state index in [9.17, 15) is 9.59 Å². The molecule has 0 aliphatic heterocycles. The number of carbonyl (C=O) groups excluding carboxylic acids is 2. The molecule has 84 valence electrons. The average molecular weight is 220 g/mol. The quantitative estimate of drug-likeness (QED) is 0.640. The van der Waals surface area contributed by atoms with Gasteiger partial charge in [0.1, 0.15) is 5.82 Å². The molecule has 0 bridgehead atoms. The van der Waals surface area contributed by atoms with Gasteiger partial charge in [-0.05, 0) is 23.8 Å². The van der Waals surface area contributed by atoms with Crippen LogP contribution >= 0.6 is 0 Å². The molecule has 0 spiro atoms. The third-order valence-corrected chi connectivity index (χ3v) is 1.70. The first-order valence-corrected chi connectivity index (χ1v) is 4.54. The summed E-state index contributed by atoms with van der Waals surface area (Å²) in [4.78, 5) is 25.4. The molecule has 16 heavy (non-hydrogen) atoms. The minimum Gasteiger partial charge on any atom is -0.366 e. The van der Waals surface area contributed by atoms with Crippen LogP contribution in [0.25, 0.3) is 6.08 Å². The summed E-state index contributed by atoms with van der Waals surface area (Å²) in [5.74, 6) is -0.0943. The van der Waals surface area contributed by atoms with E-state index in [-0.39, 0.29) is 6.03 Å². The van der Waals surface area contributed by atoms with Crippen LogP contribution in [-0.4, -0.2) is 24.0 Å². The van der Waals surface area contributed by atoms with Gasteiger partial charge in [0.2, 0.25) is 5.91 Å². The molecule has 1 aromatic rings. The van der Waals surface area contributed by atoms with Crippen molar-refractivity contribution in [3.05, 3.63) is 30.0 Å². The summed E-state index contributed by atoms with van der Waals surface area (Å²) in [6.07, 6.45) is 4.30. The number of primary amides is 1. The predicted molar refractivity (Wildman–Crippen MR) is 60.5 cm³/mol. The summed E-state index contributed by atoms with van der Waals surface area (Å²) in [6.45, 7) is 0. The maximum absolute atomic E-state index is 10.9. The Morgan fingerprint density at radius 3 is 2.69 bits per heavy atom. The average Bonchev–Trinajstić information content (AvgIpc) is 2.28. The van der Waals surface area contributed by atoms with Crippen LogP contribution in [0.4, 0.5) is 10.6 Å². The molecule has 0 unspecified atom stereocenters. The van der Waals surface area contributed by atoms with Crippen molar-refractivity contribution in [2.45, 2.75) is 0 Å². The van der Waals surface area contributed by atoms with Gasteiger partial charge in [-0.25, -0.2) is 9.78 Å². The lowest BCUT2D eigenvalue weighted by Crippen LogP contribution is -2.24. The highest BCUT2D eigenvalue weighted by Gasteiger charge is 1.98. The van der Waals surface area contributed by atoms with Gasteiger partial charge in [-0.3, -0.25) is 10.1 Å². The topological polar surface area (TPSA) is 97.1 Å². The van der Waals surface area contributed by atoms with E-state index in [0.29, 0.717) is 5.82 Å². The summed E-state index contributed by atoms with van der Waals surface area (Å²) in [5.41, 5.74) is 5.67. The van der Waals surface area contributed by atoms with E-state index in [4.69, 9.17) is 5.73 Å². The van der Waals surface area contributed by atoms with Crippen molar-refractivity contribution in [2.24, 2.45) is 5.73 Å². The Balaban J connectivity index is 2.68. The van der Waals surface area contributed by atoms with Crippen LogP contribution in [0.3, 0.4) is 0 Å². The summed E-state index contributed by atoms with van der Waals surface area (Å²) >= 11 is 0. The Labute approximate surface area is 92.5 Å². The van der Waals surface area contributed by atoms with E-state index in [1.165, 1.54) is 19.3 Å². The Morgan fingerprint density at radius 2 is 2.19 bits per heavy atom. The number of nitrogens with zero attached hydrogens (tertiary/aromatic N) is 1. The van der Waals surface area contributed by atoms with Crippen LogP contribution in [0.15, 0.2) is 24.4 Å². The number of pyridine rings is 1. The first-order chi connectivity index (χ1) is 7.61. The lowest BCUT2D eigenvalue weighted by Gasteiger charge is -2.02. The van der Waals surface area contributed by atoms with Crippen LogP contribution in [-0.2, 0) is 4.79 Å². The van der Waals surface area contributed by atoms with Crippen molar-refractivity contribution in [2.75, 3.05) is 12.4 Å². The zero-order chi connectivity index (χ0) is 12.0. The molecule has 1 rings (SSSR count). The largest absolute Gasteiger partial charge is 0.366 e. The maximum Gasteiger partial charge on any atom is 0.320 e. The fourth-order valence-corrected chi connectivity index (χ4v) is 0.935. The summed E-state index contributed by atoms with van der Waals surface area (Å²) in [7, 11) is 1.51. The molecular weight excluding hydrogens is 208 g/mol. The molecule has 0 saturated carbocycles. The second-order valence-corrected chi connectivity index (χ2v) is 2.92. The number of amides is 3. The lowest BCUT2D eigenvalue weighted by molar-refractivity contribution is -0.113. The van der Waals surface area contributed by atoms with E-state index in [1.54, 1.807) is 18.2 Å². The third-order valence-electron chi connectivity index (χ3n) is 1.70. The smallest absolute Gasteiger partial charge is 0.320 e. The molecule has 6 nitrogen and oxygen atoms in total. The van der Waals surface area contributed by atoms with Crippen molar-refractivity contribution in [1.29, 1.82) is 0 Å². The molecule has 0 radical (unpaired) electrons. The Kier molecular flexibility index (Phi) is 4.02. The van der Waals surface area contributed by atoms with Gasteiger partial charge in [-0.15, -0.1) is 0 Å². The number of aromatic nitrogens is 1. The van der Waals surface area contributed by atoms with Gasteiger partial charge in [0, 0.05) is 19.3 Å². The molecule has 0 aliphatic carbocycles. The highest BCUT2D eigenvalue weighted by Crippen LogP contribution is 2.06. The molecule has 1 aromatic heterocycles. The number of carbonyl (C=O) groups is 2. The van der Waals surface area contributed by atoms with Crippen LogP contribution in [0.1, 0.15) is 5.56 Å². The molecule has 0 atom stereocenters. The predicted octanol–water partition coefficient (Wildman–Crippen LogP) is 0.331. The van der Waals surface area contributed by atoms with Crippen molar-refractivity contribution in [1.82, 2.24) is 10.3 Å². The van der Waals surface area contributed by atoms with Crippen molar-refractivity contribution >= 4 is 23.8 Å². The van der Waals surface area contributed by atoms with Gasteiger partial charge in [0.05, 0.1) is 0 Å². The van der Waals surface area contributed by atoms with Crippen LogP contribution in [0, 0.1) is 0 Å². The van der Waals surface area contributed by atoms with Gasteiger partial charge < -0.3 is 11.1 Å². The van der Waals surface area contributed by atoms with Crippen molar-refractivity contribution < 1.29 is 9.59 Å². The minimum absolute atomic E-state index is 0.340. The maximum atomic E-state index is 10.9. The molecule has 4 N–H and O–H groups in total. The van der Waals surface area contributed by atoms with Crippen LogP contribution in [0.2, 0.25) is 0 Å². The van der Waals surface area contributed by atoms with Gasteiger partial charge >= 0.3 is 6.03 Å². The molecule has 0 aliphatic rings. The highest BCUT2D eigenvalue weighted by molar-refractivity contribution is 5.90. The number of hydrogen-bond acceptors (Lipinski definition) is 3. The number of nitrogens with one attached hydrogen (secondary N) is 2. The second kappa shape index (κ2) is 5.50. The van der Waals surface area contributed by atoms with Gasteiger partial charge in [0.15, 0.2) is 0 Å². The molecule has 3 amide bonds. The van der Waals surface area contributed by atoms with Crippen molar-refractivity contribution in [3.63, 3.8) is 0 Å². The number of hydrogen-bond donors (Lipinski definition) is 3. The number of nitrogens with two attached hydrogens (primary N) is 1. The fourth-order valence-electron chi connectivity index (χ4n) is 0.935. The lowest BCUT2D eigenvalue weighted by atomic mass is 10.2. The van der Waals surface area contributed by atoms with Crippen LogP contribution in [0.5, 0.6) is 0 Å². The van der Waals surface area contributed by atoms with E-state index >= 15 is 0 Å². The molecule has 0 saturated heterocycles. The monoisotopic (exact) mass is 220 g/mol. The molecule has 1 heterocycles. The van der Waals surface area contributed by atoms with Gasteiger partial charge in [0.25, 0.3) is 0 Å². The minimum atomic E-state index is -0.521. The zero-order valence-electron chi connectivity index (χ0n) is 8.73. The molecule has 0 aromatic carbocycles. The van der Waals surface area contributed by atoms with E-state index in [2.05, 4.69) is 15.6 Å². The summed E-state index contributed by atoms with van der Waals surface area (Å²) < 4.78 is 0. The summed E-state index contributed by atoms with van der Waals surface area (Å²) in [6, 6.07) is 2.99. The second-order valence-electron chi connectivity index (χ2n) is 2.92. The first kappa shape index (κ1) is 11.7. The summed E-state index contributed by atoms with van der Waals surface area (Å²) in [5, 5.41) is 4.91. The van der Waals surface area contributed by atoms with Gasteiger partial charge in [-0.1, -0.05) is 0 Å². The number of urea groups is 1. The molecule has 6 heteroatoms. The standard InChI is InChI=1S/C10H12N4O2/c1-12-10(16)14-9-5-3-7(6-13-9)2-4-8(11)15/h2-6H,1H3,(H2,11,15)(H2,12,13,14,16). The fraction of sp³-hybridized carbons (Fsp3) is 0.100. The van der Waals surface area contributed by atoms with E-state index in [1.807, 2.05) is 0 Å². The van der Waals surface area contributed by atoms with E-state index < -0.39 is 5.91 Å². The van der Waals surface area contributed by atoms with Gasteiger partial charge in [-0.2, -0.15) is 0 Å². The molecular formula is C10H12N4O2. The number of anilines is 1. The van der Waals surface area contributed by atoms with Crippen molar-refractivity contribution in [3.8, 4) is 0 Å². The Hall–Kier alpha value is -2.37. The number of rotatable bonds is 3. The zero-order valence-corrected chi connectivity index (χ0v) is 8.73. The van der Waals surface area contributed by atoms with Crippen LogP contribution < -0.4 is 16.4 Å². The highest BCUT2D eigenvalue weighted by atomic mass is 16.2. The Bertz CT molecular complexity index is 411. The normalized spacial score (nSPS) is 10.1. The third kappa shape index (κ3) is 3.79.